The fraction of sp³-hybridized carbons (Fsp3) is 0.154. The van der Waals surface area contributed by atoms with Crippen molar-refractivity contribution >= 4 is 5.91 Å². The highest BCUT2D eigenvalue weighted by atomic mass is 19.1. The number of nitrogens with two attached hydrogens (primary N) is 1. The van der Waals surface area contributed by atoms with Crippen molar-refractivity contribution in [2.24, 2.45) is 5.73 Å². The van der Waals surface area contributed by atoms with Crippen molar-refractivity contribution in [2.75, 3.05) is 0 Å². The number of carbonyl (C=O) groups is 1. The molecule has 0 aliphatic carbocycles. The Morgan fingerprint density at radius 2 is 2.16 bits per heavy atom. The van der Waals surface area contributed by atoms with E-state index in [4.69, 9.17) is 5.73 Å². The van der Waals surface area contributed by atoms with Crippen LogP contribution in [0.4, 0.5) is 4.39 Å². The van der Waals surface area contributed by atoms with Gasteiger partial charge in [0, 0.05) is 18.0 Å². The SMILES string of the molecule is CCc1[nH]c(=O)ccc1C(N)=O.Fc1cccnc1. The average molecular weight is 263 g/mol. The van der Waals surface area contributed by atoms with Gasteiger partial charge < -0.3 is 10.7 Å². The molecule has 0 radical (unpaired) electrons. The van der Waals surface area contributed by atoms with Crippen molar-refractivity contribution in [3.05, 3.63) is 64.1 Å². The first kappa shape index (κ1) is 14.6. The smallest absolute Gasteiger partial charge is 0.250 e. The Morgan fingerprint density at radius 3 is 2.58 bits per heavy atom. The lowest BCUT2D eigenvalue weighted by Gasteiger charge is -2.01. The molecule has 2 rings (SSSR count). The number of carbonyl (C=O) groups excluding carboxylic acids is 1. The molecule has 3 N–H and O–H groups in total. The summed E-state index contributed by atoms with van der Waals surface area (Å²) in [6.07, 6.45) is 3.29. The largest absolute Gasteiger partial charge is 0.366 e. The summed E-state index contributed by atoms with van der Waals surface area (Å²) in [6, 6.07) is 5.64. The Bertz CT molecular complexity index is 596. The first-order valence-electron chi connectivity index (χ1n) is 5.62. The van der Waals surface area contributed by atoms with Crippen LogP contribution in [0, 0.1) is 5.82 Å². The number of pyridine rings is 2. The summed E-state index contributed by atoms with van der Waals surface area (Å²) in [5.41, 5.74) is 5.85. The lowest BCUT2D eigenvalue weighted by Crippen LogP contribution is -2.18. The zero-order valence-corrected chi connectivity index (χ0v) is 10.4. The van der Waals surface area contributed by atoms with Gasteiger partial charge in [0.05, 0.1) is 11.8 Å². The van der Waals surface area contributed by atoms with Crippen LogP contribution in [0.2, 0.25) is 0 Å². The van der Waals surface area contributed by atoms with Crippen molar-refractivity contribution in [3.8, 4) is 0 Å². The summed E-state index contributed by atoms with van der Waals surface area (Å²) >= 11 is 0. The number of amides is 1. The van der Waals surface area contributed by atoms with Crippen LogP contribution in [0.1, 0.15) is 23.0 Å². The molecule has 100 valence electrons. The molecule has 19 heavy (non-hydrogen) atoms. The van der Waals surface area contributed by atoms with E-state index in [0.717, 1.165) is 0 Å². The van der Waals surface area contributed by atoms with Gasteiger partial charge in [0.1, 0.15) is 5.82 Å². The van der Waals surface area contributed by atoms with Crippen LogP contribution >= 0.6 is 0 Å². The Hall–Kier alpha value is -2.50. The maximum atomic E-state index is 11.8. The number of aromatic amines is 1. The van der Waals surface area contributed by atoms with Gasteiger partial charge in [-0.3, -0.25) is 14.6 Å². The Balaban J connectivity index is 0.000000218. The highest BCUT2D eigenvalue weighted by molar-refractivity contribution is 5.93. The number of aromatic nitrogens is 2. The number of aryl methyl sites for hydroxylation is 1. The average Bonchev–Trinajstić information content (AvgIpc) is 2.39. The standard InChI is InChI=1S/C8H10N2O2.C5H4FN/c1-2-6-5(8(9)12)3-4-7(11)10-6;6-5-2-1-3-7-4-5/h3-4H,2H2,1H3,(H2,9,12)(H,10,11);1-4H. The van der Waals surface area contributed by atoms with Gasteiger partial charge >= 0.3 is 0 Å². The van der Waals surface area contributed by atoms with E-state index in [1.165, 1.54) is 30.6 Å². The Morgan fingerprint density at radius 1 is 1.42 bits per heavy atom. The van der Waals surface area contributed by atoms with Gasteiger partial charge in [0.15, 0.2) is 0 Å². The van der Waals surface area contributed by atoms with Crippen LogP contribution in [-0.4, -0.2) is 15.9 Å². The second-order valence-electron chi connectivity index (χ2n) is 3.60. The van der Waals surface area contributed by atoms with Gasteiger partial charge in [-0.25, -0.2) is 4.39 Å². The number of nitrogens with one attached hydrogen (secondary N) is 1. The molecule has 0 aliphatic heterocycles. The van der Waals surface area contributed by atoms with Gasteiger partial charge in [0.2, 0.25) is 11.5 Å². The highest BCUT2D eigenvalue weighted by Crippen LogP contribution is 2.01. The number of hydrogen-bond donors (Lipinski definition) is 2. The fourth-order valence-electron chi connectivity index (χ4n) is 1.37. The van der Waals surface area contributed by atoms with E-state index in [0.29, 0.717) is 17.7 Å². The molecule has 0 aromatic carbocycles. The number of primary amides is 1. The van der Waals surface area contributed by atoms with E-state index in [2.05, 4.69) is 9.97 Å². The van der Waals surface area contributed by atoms with E-state index in [-0.39, 0.29) is 11.4 Å². The summed E-state index contributed by atoms with van der Waals surface area (Å²) in [5.74, 6) is -0.800. The van der Waals surface area contributed by atoms with Crippen molar-refractivity contribution in [1.29, 1.82) is 0 Å². The van der Waals surface area contributed by atoms with Gasteiger partial charge in [-0.15, -0.1) is 0 Å². The lowest BCUT2D eigenvalue weighted by atomic mass is 10.1. The molecule has 0 unspecified atom stereocenters. The van der Waals surface area contributed by atoms with Crippen LogP contribution in [0.15, 0.2) is 41.5 Å². The third kappa shape index (κ3) is 4.71. The summed E-state index contributed by atoms with van der Waals surface area (Å²) in [6.45, 7) is 1.84. The minimum absolute atomic E-state index is 0.211. The molecule has 0 saturated heterocycles. The quantitative estimate of drug-likeness (QED) is 0.854. The van der Waals surface area contributed by atoms with Crippen LogP contribution in [0.3, 0.4) is 0 Å². The lowest BCUT2D eigenvalue weighted by molar-refractivity contribution is 0.0999. The minimum atomic E-state index is -0.511. The van der Waals surface area contributed by atoms with E-state index in [9.17, 15) is 14.0 Å². The number of nitrogens with zero attached hydrogens (tertiary/aromatic N) is 1. The van der Waals surface area contributed by atoms with Crippen LogP contribution in [-0.2, 0) is 6.42 Å². The van der Waals surface area contributed by atoms with Gasteiger partial charge in [0.25, 0.3) is 0 Å². The van der Waals surface area contributed by atoms with Crippen molar-refractivity contribution in [2.45, 2.75) is 13.3 Å². The molecule has 1 amide bonds. The number of hydrogen-bond acceptors (Lipinski definition) is 3. The molecule has 0 spiro atoms. The van der Waals surface area contributed by atoms with Crippen LogP contribution < -0.4 is 11.3 Å². The normalized spacial score (nSPS) is 9.37. The number of H-pyrrole nitrogens is 1. The molecule has 5 nitrogen and oxygen atoms in total. The summed E-state index contributed by atoms with van der Waals surface area (Å²) in [5, 5.41) is 0. The van der Waals surface area contributed by atoms with Gasteiger partial charge in [-0.1, -0.05) is 6.92 Å². The maximum Gasteiger partial charge on any atom is 0.250 e. The molecule has 0 atom stereocenters. The first-order valence-corrected chi connectivity index (χ1v) is 5.62. The zero-order valence-electron chi connectivity index (χ0n) is 10.4. The molecule has 2 aromatic heterocycles. The predicted molar refractivity (Wildman–Crippen MR) is 69.2 cm³/mol. The molecular weight excluding hydrogens is 249 g/mol. The highest BCUT2D eigenvalue weighted by Gasteiger charge is 2.05. The van der Waals surface area contributed by atoms with Crippen molar-refractivity contribution in [1.82, 2.24) is 9.97 Å². The molecular formula is C13H14FN3O2. The fourth-order valence-corrected chi connectivity index (χ4v) is 1.37. The number of halogens is 1. The van der Waals surface area contributed by atoms with E-state index in [1.54, 1.807) is 6.07 Å². The molecule has 2 aromatic rings. The van der Waals surface area contributed by atoms with Crippen molar-refractivity contribution in [3.63, 3.8) is 0 Å². The second-order valence-corrected chi connectivity index (χ2v) is 3.60. The third-order valence-electron chi connectivity index (χ3n) is 2.25. The van der Waals surface area contributed by atoms with Crippen molar-refractivity contribution < 1.29 is 9.18 Å². The maximum absolute atomic E-state index is 11.8. The second kappa shape index (κ2) is 7.05. The monoisotopic (exact) mass is 263 g/mol. The van der Waals surface area contributed by atoms with Crippen LogP contribution in [0.5, 0.6) is 0 Å². The minimum Gasteiger partial charge on any atom is -0.366 e. The molecule has 2 heterocycles. The molecule has 0 fully saturated rings. The summed E-state index contributed by atoms with van der Waals surface area (Å²) in [7, 11) is 0. The summed E-state index contributed by atoms with van der Waals surface area (Å²) < 4.78 is 11.8. The predicted octanol–water partition coefficient (Wildman–Crippen LogP) is 1.26. The van der Waals surface area contributed by atoms with E-state index in [1.807, 2.05) is 6.92 Å². The first-order chi connectivity index (χ1) is 9.04. The summed E-state index contributed by atoms with van der Waals surface area (Å²) in [4.78, 5) is 27.7. The Kier molecular flexibility index (Phi) is 5.40. The Labute approximate surface area is 109 Å². The zero-order chi connectivity index (χ0) is 14.3. The topological polar surface area (TPSA) is 88.8 Å². The van der Waals surface area contributed by atoms with E-state index < -0.39 is 5.91 Å². The van der Waals surface area contributed by atoms with Gasteiger partial charge in [-0.2, -0.15) is 0 Å². The molecule has 0 aliphatic rings. The molecule has 6 heteroatoms. The number of rotatable bonds is 2. The molecule has 0 bridgehead atoms. The third-order valence-corrected chi connectivity index (χ3v) is 2.25. The van der Waals surface area contributed by atoms with E-state index >= 15 is 0 Å². The molecule has 0 saturated carbocycles. The van der Waals surface area contributed by atoms with Crippen LogP contribution in [0.25, 0.3) is 0 Å². The van der Waals surface area contributed by atoms with Gasteiger partial charge in [-0.05, 0) is 24.6 Å².